The predicted molar refractivity (Wildman–Crippen MR) is 65.6 cm³/mol. The first-order valence-corrected chi connectivity index (χ1v) is 6.19. The summed E-state index contributed by atoms with van der Waals surface area (Å²) in [4.78, 5) is 6.58. The summed E-state index contributed by atoms with van der Waals surface area (Å²) in [6.45, 7) is 9.02. The third kappa shape index (κ3) is 3.12. The van der Waals surface area contributed by atoms with E-state index in [-0.39, 0.29) is 0 Å². The van der Waals surface area contributed by atoms with Gasteiger partial charge >= 0.3 is 0 Å². The fraction of sp³-hybridized carbons (Fsp3) is 0.700. The maximum atomic E-state index is 4.44. The van der Waals surface area contributed by atoms with Gasteiger partial charge in [0.1, 0.15) is 0 Å². The first-order valence-electron chi connectivity index (χ1n) is 5.06. The lowest BCUT2D eigenvalue weighted by Gasteiger charge is -2.25. The van der Waals surface area contributed by atoms with E-state index in [1.807, 2.05) is 13.8 Å². The van der Waals surface area contributed by atoms with Crippen molar-refractivity contribution in [2.24, 2.45) is 0 Å². The second-order valence-electron chi connectivity index (χ2n) is 3.76. The molecule has 0 saturated heterocycles. The van der Waals surface area contributed by atoms with Gasteiger partial charge < -0.3 is 4.90 Å². The zero-order valence-corrected chi connectivity index (χ0v) is 11.2. The molecule has 1 aromatic rings. The van der Waals surface area contributed by atoms with Crippen molar-refractivity contribution in [3.05, 3.63) is 11.4 Å². The number of aryl methyl sites for hydroxylation is 2. The number of hydrogen-bond donors (Lipinski definition) is 0. The van der Waals surface area contributed by atoms with Crippen molar-refractivity contribution in [2.75, 3.05) is 16.8 Å². The number of rotatable bonds is 4. The van der Waals surface area contributed by atoms with Gasteiger partial charge in [0.25, 0.3) is 0 Å². The number of nitrogens with zero attached hydrogens (tertiary/aromatic N) is 4. The number of halogens is 1. The van der Waals surface area contributed by atoms with Gasteiger partial charge in [0.05, 0.1) is 11.4 Å². The Morgan fingerprint density at radius 1 is 1.20 bits per heavy atom. The molecule has 0 spiro atoms. The van der Waals surface area contributed by atoms with E-state index in [1.54, 1.807) is 0 Å². The van der Waals surface area contributed by atoms with E-state index in [2.05, 4.69) is 49.9 Å². The minimum Gasteiger partial charge on any atom is -0.336 e. The molecule has 0 bridgehead atoms. The highest BCUT2D eigenvalue weighted by Crippen LogP contribution is 2.11. The molecule has 15 heavy (non-hydrogen) atoms. The maximum absolute atomic E-state index is 4.44. The average molecular weight is 273 g/mol. The van der Waals surface area contributed by atoms with Crippen molar-refractivity contribution < 1.29 is 0 Å². The predicted octanol–water partition coefficient (Wildman–Crippen LogP) is 2.10. The molecule has 0 aliphatic rings. The van der Waals surface area contributed by atoms with E-state index >= 15 is 0 Å². The van der Waals surface area contributed by atoms with Gasteiger partial charge in [-0.15, -0.1) is 5.10 Å². The Balaban J connectivity index is 2.95. The Morgan fingerprint density at radius 2 is 1.87 bits per heavy atom. The molecule has 0 saturated carbocycles. The number of aromatic nitrogens is 3. The summed E-state index contributed by atoms with van der Waals surface area (Å²) in [6, 6.07) is 0.381. The molecule has 1 aromatic heterocycles. The van der Waals surface area contributed by atoms with Crippen LogP contribution in [0.2, 0.25) is 0 Å². The van der Waals surface area contributed by atoms with E-state index in [0.717, 1.165) is 23.3 Å². The monoisotopic (exact) mass is 272 g/mol. The highest BCUT2D eigenvalue weighted by atomic mass is 79.9. The molecule has 0 aliphatic heterocycles. The number of anilines is 1. The SMILES string of the molecule is Cc1nnc(N(CCBr)C(C)C)nc1C. The van der Waals surface area contributed by atoms with Gasteiger partial charge in [-0.3, -0.25) is 0 Å². The highest BCUT2D eigenvalue weighted by molar-refractivity contribution is 9.09. The third-order valence-electron chi connectivity index (χ3n) is 2.29. The molecule has 0 aliphatic carbocycles. The Hall–Kier alpha value is -0.710. The summed E-state index contributed by atoms with van der Waals surface area (Å²) in [5.74, 6) is 0.715. The van der Waals surface area contributed by atoms with Gasteiger partial charge in [-0.25, -0.2) is 4.98 Å². The first kappa shape index (κ1) is 12.4. The molecule has 0 unspecified atom stereocenters. The molecule has 1 rings (SSSR count). The zero-order chi connectivity index (χ0) is 11.4. The van der Waals surface area contributed by atoms with Crippen molar-refractivity contribution in [3.63, 3.8) is 0 Å². The van der Waals surface area contributed by atoms with E-state index in [9.17, 15) is 0 Å². The van der Waals surface area contributed by atoms with Crippen LogP contribution < -0.4 is 4.90 Å². The van der Waals surface area contributed by atoms with Crippen LogP contribution in [0.25, 0.3) is 0 Å². The Morgan fingerprint density at radius 3 is 2.33 bits per heavy atom. The van der Waals surface area contributed by atoms with E-state index in [0.29, 0.717) is 12.0 Å². The summed E-state index contributed by atoms with van der Waals surface area (Å²) in [7, 11) is 0. The molecule has 1 heterocycles. The maximum Gasteiger partial charge on any atom is 0.245 e. The van der Waals surface area contributed by atoms with Crippen LogP contribution >= 0.6 is 15.9 Å². The molecule has 5 heteroatoms. The quantitative estimate of drug-likeness (QED) is 0.788. The molecule has 0 amide bonds. The largest absolute Gasteiger partial charge is 0.336 e. The van der Waals surface area contributed by atoms with Crippen molar-refractivity contribution >= 4 is 21.9 Å². The van der Waals surface area contributed by atoms with Gasteiger partial charge in [-0.05, 0) is 27.7 Å². The smallest absolute Gasteiger partial charge is 0.245 e. The highest BCUT2D eigenvalue weighted by Gasteiger charge is 2.13. The van der Waals surface area contributed by atoms with Crippen LogP contribution in [-0.4, -0.2) is 33.1 Å². The summed E-state index contributed by atoms with van der Waals surface area (Å²) >= 11 is 3.43. The summed E-state index contributed by atoms with van der Waals surface area (Å²) in [5.41, 5.74) is 1.83. The van der Waals surface area contributed by atoms with Crippen LogP contribution in [0.1, 0.15) is 25.2 Å². The van der Waals surface area contributed by atoms with Crippen molar-refractivity contribution in [3.8, 4) is 0 Å². The van der Waals surface area contributed by atoms with Crippen LogP contribution in [0.5, 0.6) is 0 Å². The first-order chi connectivity index (χ1) is 7.06. The molecular formula is C10H17BrN4. The second kappa shape index (κ2) is 5.39. The fourth-order valence-electron chi connectivity index (χ4n) is 1.25. The van der Waals surface area contributed by atoms with Crippen molar-refractivity contribution in [2.45, 2.75) is 33.7 Å². The van der Waals surface area contributed by atoms with Gasteiger partial charge in [-0.1, -0.05) is 15.9 Å². The fourth-order valence-corrected chi connectivity index (χ4v) is 1.63. The minimum atomic E-state index is 0.381. The lowest BCUT2D eigenvalue weighted by atomic mass is 10.3. The van der Waals surface area contributed by atoms with Crippen LogP contribution in [-0.2, 0) is 0 Å². The summed E-state index contributed by atoms with van der Waals surface area (Å²) < 4.78 is 0. The summed E-state index contributed by atoms with van der Waals surface area (Å²) in [6.07, 6.45) is 0. The molecular weight excluding hydrogens is 256 g/mol. The molecule has 0 atom stereocenters. The van der Waals surface area contributed by atoms with Gasteiger partial charge in [0.2, 0.25) is 5.95 Å². The van der Waals surface area contributed by atoms with Gasteiger partial charge in [-0.2, -0.15) is 5.10 Å². The third-order valence-corrected chi connectivity index (χ3v) is 2.64. The molecule has 0 radical (unpaired) electrons. The number of alkyl halides is 1. The normalized spacial score (nSPS) is 10.8. The summed E-state index contributed by atoms with van der Waals surface area (Å²) in [5, 5.41) is 9.12. The lowest BCUT2D eigenvalue weighted by Crippen LogP contribution is -2.34. The molecule has 4 nitrogen and oxygen atoms in total. The van der Waals surface area contributed by atoms with Crippen LogP contribution in [0.15, 0.2) is 0 Å². The van der Waals surface area contributed by atoms with Gasteiger partial charge in [0, 0.05) is 17.9 Å². The zero-order valence-electron chi connectivity index (χ0n) is 9.66. The van der Waals surface area contributed by atoms with Crippen molar-refractivity contribution in [1.29, 1.82) is 0 Å². The minimum absolute atomic E-state index is 0.381. The Bertz CT molecular complexity index is 327. The van der Waals surface area contributed by atoms with E-state index < -0.39 is 0 Å². The van der Waals surface area contributed by atoms with Crippen LogP contribution in [0.4, 0.5) is 5.95 Å². The number of hydrogen-bond acceptors (Lipinski definition) is 4. The molecule has 0 N–H and O–H groups in total. The molecule has 0 fully saturated rings. The van der Waals surface area contributed by atoms with Crippen molar-refractivity contribution in [1.82, 2.24) is 15.2 Å². The molecule has 84 valence electrons. The second-order valence-corrected chi connectivity index (χ2v) is 4.55. The lowest BCUT2D eigenvalue weighted by molar-refractivity contribution is 0.670. The molecule has 0 aromatic carbocycles. The van der Waals surface area contributed by atoms with E-state index in [4.69, 9.17) is 0 Å². The topological polar surface area (TPSA) is 41.9 Å². The average Bonchev–Trinajstić information content (AvgIpc) is 2.18. The van der Waals surface area contributed by atoms with E-state index in [1.165, 1.54) is 0 Å². The van der Waals surface area contributed by atoms with Crippen LogP contribution in [0.3, 0.4) is 0 Å². The van der Waals surface area contributed by atoms with Crippen LogP contribution in [0, 0.1) is 13.8 Å². The Labute approximate surface area is 99.2 Å². The van der Waals surface area contributed by atoms with Gasteiger partial charge in [0.15, 0.2) is 0 Å². The Kier molecular flexibility index (Phi) is 4.45. The standard InChI is InChI=1S/C10H17BrN4/c1-7(2)15(6-5-11)10-12-8(3)9(4)13-14-10/h7H,5-6H2,1-4H3.